The highest BCUT2D eigenvalue weighted by atomic mass is 16.5. The number of nitrogens with zero attached hydrogens (tertiary/aromatic N) is 2. The molecular formula is C9H14N2O. The van der Waals surface area contributed by atoms with Gasteiger partial charge in [0.05, 0.1) is 0 Å². The van der Waals surface area contributed by atoms with Crippen LogP contribution in [0.3, 0.4) is 0 Å². The average Bonchev–Trinajstić information content (AvgIpc) is 2.52. The first-order valence-electron chi connectivity index (χ1n) is 4.46. The summed E-state index contributed by atoms with van der Waals surface area (Å²) in [7, 11) is 0. The summed E-state index contributed by atoms with van der Waals surface area (Å²) >= 11 is 0. The summed E-state index contributed by atoms with van der Waals surface area (Å²) in [5.41, 5.74) is 0.398. The van der Waals surface area contributed by atoms with Gasteiger partial charge in [0.25, 0.3) is 0 Å². The van der Waals surface area contributed by atoms with Gasteiger partial charge in [0.15, 0.2) is 5.82 Å². The van der Waals surface area contributed by atoms with Gasteiger partial charge in [-0.1, -0.05) is 25.9 Å². The van der Waals surface area contributed by atoms with Crippen molar-refractivity contribution in [3.63, 3.8) is 0 Å². The van der Waals surface area contributed by atoms with E-state index in [9.17, 15) is 0 Å². The Bertz CT molecular complexity index is 290. The van der Waals surface area contributed by atoms with E-state index in [1.165, 1.54) is 6.42 Å². The zero-order chi connectivity index (χ0) is 8.77. The molecule has 0 radical (unpaired) electrons. The lowest BCUT2D eigenvalue weighted by Gasteiger charge is -1.95. The number of aromatic nitrogens is 2. The normalized spacial score (nSPS) is 25.8. The predicted octanol–water partition coefficient (Wildman–Crippen LogP) is 2.15. The van der Waals surface area contributed by atoms with Crippen LogP contribution >= 0.6 is 0 Å². The van der Waals surface area contributed by atoms with E-state index in [4.69, 9.17) is 4.52 Å². The van der Waals surface area contributed by atoms with E-state index in [0.717, 1.165) is 18.1 Å². The average molecular weight is 166 g/mol. The molecule has 3 nitrogen and oxygen atoms in total. The van der Waals surface area contributed by atoms with Crippen LogP contribution in [0.5, 0.6) is 0 Å². The topological polar surface area (TPSA) is 38.9 Å². The Morgan fingerprint density at radius 2 is 2.25 bits per heavy atom. The fourth-order valence-corrected chi connectivity index (χ4v) is 1.46. The van der Waals surface area contributed by atoms with Gasteiger partial charge in [-0.05, 0) is 11.8 Å². The van der Waals surface area contributed by atoms with Gasteiger partial charge in [-0.2, -0.15) is 4.98 Å². The second-order valence-corrected chi connectivity index (χ2v) is 4.15. The first kappa shape index (κ1) is 7.77. The summed E-state index contributed by atoms with van der Waals surface area (Å²) in [6.07, 6.45) is 2.02. The number of hydrogen-bond acceptors (Lipinski definition) is 3. The van der Waals surface area contributed by atoms with Crippen molar-refractivity contribution in [2.24, 2.45) is 5.41 Å². The Morgan fingerprint density at radius 1 is 1.58 bits per heavy atom. The molecule has 1 aromatic heterocycles. The molecule has 1 unspecified atom stereocenters. The summed E-state index contributed by atoms with van der Waals surface area (Å²) in [6, 6.07) is 0. The van der Waals surface area contributed by atoms with Crippen LogP contribution in [0.25, 0.3) is 0 Å². The Balaban J connectivity index is 2.15. The van der Waals surface area contributed by atoms with E-state index < -0.39 is 0 Å². The summed E-state index contributed by atoms with van der Waals surface area (Å²) in [4.78, 5) is 4.31. The lowest BCUT2D eigenvalue weighted by atomic mass is 10.1. The van der Waals surface area contributed by atoms with Gasteiger partial charge < -0.3 is 4.52 Å². The van der Waals surface area contributed by atoms with E-state index in [0.29, 0.717) is 11.3 Å². The molecule has 1 aliphatic rings. The van der Waals surface area contributed by atoms with Gasteiger partial charge >= 0.3 is 0 Å². The van der Waals surface area contributed by atoms with Crippen LogP contribution in [-0.4, -0.2) is 10.1 Å². The largest absolute Gasteiger partial charge is 0.339 e. The molecule has 1 aromatic rings. The van der Waals surface area contributed by atoms with E-state index in [1.54, 1.807) is 0 Å². The first-order chi connectivity index (χ1) is 5.63. The van der Waals surface area contributed by atoms with Gasteiger partial charge in [-0.15, -0.1) is 0 Å². The molecule has 1 fully saturated rings. The standard InChI is InChI=1S/C9H14N2O/c1-4-7-10-8(11-12-7)6-5-9(6,2)3/h6H,4-5H2,1-3H3. The monoisotopic (exact) mass is 166 g/mol. The molecule has 3 heteroatoms. The molecule has 1 atom stereocenters. The van der Waals surface area contributed by atoms with E-state index in [2.05, 4.69) is 24.0 Å². The van der Waals surface area contributed by atoms with Crippen LogP contribution in [-0.2, 0) is 6.42 Å². The minimum absolute atomic E-state index is 0.398. The Hall–Kier alpha value is -0.860. The second-order valence-electron chi connectivity index (χ2n) is 4.15. The maximum Gasteiger partial charge on any atom is 0.226 e. The molecular weight excluding hydrogens is 152 g/mol. The SMILES string of the molecule is CCc1nc(C2CC2(C)C)no1. The Morgan fingerprint density at radius 3 is 2.67 bits per heavy atom. The Kier molecular flexibility index (Phi) is 1.50. The van der Waals surface area contributed by atoms with Crippen molar-refractivity contribution in [1.29, 1.82) is 0 Å². The molecule has 0 aliphatic heterocycles. The highest BCUT2D eigenvalue weighted by Crippen LogP contribution is 2.57. The van der Waals surface area contributed by atoms with Gasteiger partial charge in [0.2, 0.25) is 5.89 Å². The maximum absolute atomic E-state index is 5.05. The predicted molar refractivity (Wildman–Crippen MR) is 44.8 cm³/mol. The third-order valence-corrected chi connectivity index (χ3v) is 2.61. The fourth-order valence-electron chi connectivity index (χ4n) is 1.46. The van der Waals surface area contributed by atoms with Gasteiger partial charge in [0.1, 0.15) is 0 Å². The Labute approximate surface area is 72.2 Å². The maximum atomic E-state index is 5.05. The van der Waals surface area contributed by atoms with Crippen LogP contribution in [0, 0.1) is 5.41 Å². The third-order valence-electron chi connectivity index (χ3n) is 2.61. The van der Waals surface area contributed by atoms with E-state index in [-0.39, 0.29) is 0 Å². The molecule has 66 valence electrons. The van der Waals surface area contributed by atoms with E-state index >= 15 is 0 Å². The van der Waals surface area contributed by atoms with Crippen LogP contribution in [0.15, 0.2) is 4.52 Å². The molecule has 1 aliphatic carbocycles. The molecule has 0 spiro atoms. The van der Waals surface area contributed by atoms with Gasteiger partial charge in [0, 0.05) is 12.3 Å². The van der Waals surface area contributed by atoms with Crippen LogP contribution in [0.4, 0.5) is 0 Å². The van der Waals surface area contributed by atoms with Crippen molar-refractivity contribution in [1.82, 2.24) is 10.1 Å². The van der Waals surface area contributed by atoms with Crippen molar-refractivity contribution in [2.45, 2.75) is 39.5 Å². The summed E-state index contributed by atoms with van der Waals surface area (Å²) in [5, 5.41) is 3.96. The molecule has 12 heavy (non-hydrogen) atoms. The minimum atomic E-state index is 0.398. The zero-order valence-electron chi connectivity index (χ0n) is 7.79. The zero-order valence-corrected chi connectivity index (χ0v) is 7.79. The third kappa shape index (κ3) is 1.13. The highest BCUT2D eigenvalue weighted by Gasteiger charge is 2.49. The molecule has 0 saturated heterocycles. The molecule has 0 amide bonds. The first-order valence-corrected chi connectivity index (χ1v) is 4.46. The molecule has 1 saturated carbocycles. The quantitative estimate of drug-likeness (QED) is 0.675. The van der Waals surface area contributed by atoms with Gasteiger partial charge in [-0.25, -0.2) is 0 Å². The van der Waals surface area contributed by atoms with Crippen molar-refractivity contribution >= 4 is 0 Å². The lowest BCUT2D eigenvalue weighted by Crippen LogP contribution is -1.92. The van der Waals surface area contributed by atoms with E-state index in [1.807, 2.05) is 6.92 Å². The smallest absolute Gasteiger partial charge is 0.226 e. The van der Waals surface area contributed by atoms with Crippen LogP contribution < -0.4 is 0 Å². The molecule has 0 bridgehead atoms. The summed E-state index contributed by atoms with van der Waals surface area (Å²) < 4.78 is 5.05. The van der Waals surface area contributed by atoms with Gasteiger partial charge in [-0.3, -0.25) is 0 Å². The molecule has 0 N–H and O–H groups in total. The minimum Gasteiger partial charge on any atom is -0.339 e. The van der Waals surface area contributed by atoms with Crippen LogP contribution in [0.2, 0.25) is 0 Å². The summed E-state index contributed by atoms with van der Waals surface area (Å²) in [6.45, 7) is 6.49. The number of aryl methyl sites for hydroxylation is 1. The summed E-state index contributed by atoms with van der Waals surface area (Å²) in [5.74, 6) is 2.19. The number of rotatable bonds is 2. The second kappa shape index (κ2) is 2.31. The molecule has 1 heterocycles. The van der Waals surface area contributed by atoms with Crippen molar-refractivity contribution < 1.29 is 4.52 Å². The van der Waals surface area contributed by atoms with Crippen molar-refractivity contribution in [3.8, 4) is 0 Å². The van der Waals surface area contributed by atoms with Crippen molar-refractivity contribution in [3.05, 3.63) is 11.7 Å². The highest BCUT2D eigenvalue weighted by molar-refractivity contribution is 5.14. The number of hydrogen-bond donors (Lipinski definition) is 0. The van der Waals surface area contributed by atoms with Crippen molar-refractivity contribution in [2.75, 3.05) is 0 Å². The molecule has 0 aromatic carbocycles. The lowest BCUT2D eigenvalue weighted by molar-refractivity contribution is 0.375. The van der Waals surface area contributed by atoms with Crippen LogP contribution in [0.1, 0.15) is 44.8 Å². The molecule has 2 rings (SSSR count). The fraction of sp³-hybridized carbons (Fsp3) is 0.778.